The summed E-state index contributed by atoms with van der Waals surface area (Å²) >= 11 is -3.97. The topological polar surface area (TPSA) is 48.8 Å². The molecule has 93 heavy (non-hydrogen) atoms. The number of benzene rings is 6. The third-order valence-electron chi connectivity index (χ3n) is 20.2. The first-order chi connectivity index (χ1) is 59.8. The van der Waals surface area contributed by atoms with E-state index in [1.165, 1.54) is 10.8 Å². The van der Waals surface area contributed by atoms with Crippen LogP contribution in [-0.2, 0) is 48.1 Å². The first-order valence-electron chi connectivity index (χ1n) is 51.2. The number of hydrogen-bond donors (Lipinski definition) is 0. The van der Waals surface area contributed by atoms with E-state index in [9.17, 15) is 35.6 Å². The zero-order valence-electron chi connectivity index (χ0n) is 90.1. The molecule has 4 aromatic heterocycles. The van der Waals surface area contributed by atoms with Crippen molar-refractivity contribution < 1.29 is 82.5 Å². The van der Waals surface area contributed by atoms with Gasteiger partial charge < -0.3 is 0 Å². The number of hydrogen-bond acceptors (Lipinski definition) is 3. The van der Waals surface area contributed by atoms with Gasteiger partial charge in [-0.25, -0.2) is 4.98 Å². The molecular weight excluding hydrogens is 1370 g/mol. The third-order valence-corrected chi connectivity index (χ3v) is 34.8. The van der Waals surface area contributed by atoms with Gasteiger partial charge in [0.25, 0.3) is 0 Å². The zero-order chi connectivity index (χ0) is 95.9. The monoisotopic (exact) mass is 1510 g/mol. The number of fused-ring (bicyclic) bond motifs is 6. The zero-order valence-corrected chi connectivity index (χ0v) is 56.5. The molecule has 5 aliphatic rings. The predicted molar refractivity (Wildman–Crippen MR) is 384 cm³/mol. The van der Waals surface area contributed by atoms with Crippen LogP contribution in [0.2, 0.25) is 14.3 Å². The van der Waals surface area contributed by atoms with E-state index >= 15 is 0 Å². The Morgan fingerprint density at radius 3 is 1.70 bits per heavy atom. The molecule has 3 fully saturated rings. The summed E-state index contributed by atoms with van der Waals surface area (Å²) in [6.45, 7) is -30.3. The minimum atomic E-state index is -4.87. The molecule has 5 aliphatic carbocycles. The van der Waals surface area contributed by atoms with Gasteiger partial charge in [0, 0.05) is 76.6 Å². The molecule has 0 unspecified atom stereocenters. The molecule has 0 saturated heterocycles. The van der Waals surface area contributed by atoms with Crippen molar-refractivity contribution in [3.8, 4) is 50.9 Å². The van der Waals surface area contributed by atoms with E-state index in [0.29, 0.717) is 11.3 Å². The Balaban J connectivity index is 0.0000138. The number of nitrogens with zero attached hydrogens (tertiary/aromatic N) is 5. The summed E-state index contributed by atoms with van der Waals surface area (Å²) < 4.78 is 374. The Morgan fingerprint density at radius 1 is 0.581 bits per heavy atom. The average Bonchev–Trinajstić information content (AvgIpc) is 0.892. The van der Waals surface area contributed by atoms with Crippen molar-refractivity contribution in [2.24, 2.45) is 0 Å². The van der Waals surface area contributed by atoms with Crippen molar-refractivity contribution in [3.63, 3.8) is 0 Å². The summed E-state index contributed by atoms with van der Waals surface area (Å²) in [5.74, 6) is 0.759. The summed E-state index contributed by atoms with van der Waals surface area (Å²) in [6.07, 6.45) is 1.15. The smallest absolute Gasteiger partial charge is 0.0558 e. The second kappa shape index (κ2) is 24.5. The maximum atomic E-state index is 10.8. The van der Waals surface area contributed by atoms with Crippen LogP contribution in [0.25, 0.3) is 72.3 Å². The van der Waals surface area contributed by atoms with Crippen LogP contribution < -0.4 is 13.8 Å². The summed E-state index contributed by atoms with van der Waals surface area (Å²) in [6, 6.07) is 21.4. The van der Waals surface area contributed by atoms with Crippen LogP contribution in [0, 0.1) is 18.5 Å². The average molecular weight is 1510 g/mol. The molecule has 484 valence electrons. The van der Waals surface area contributed by atoms with Gasteiger partial charge in [0.15, 0.2) is 0 Å². The van der Waals surface area contributed by atoms with Gasteiger partial charge in [-0.3, -0.25) is 0 Å². The van der Waals surface area contributed by atoms with Crippen LogP contribution in [0.15, 0.2) is 140 Å². The van der Waals surface area contributed by atoms with E-state index in [1.54, 1.807) is 30.5 Å². The number of pyridine rings is 2. The molecule has 0 N–H and O–H groups in total. The van der Waals surface area contributed by atoms with E-state index in [0.717, 1.165) is 145 Å². The van der Waals surface area contributed by atoms with Gasteiger partial charge in [0.1, 0.15) is 5.82 Å². The van der Waals surface area contributed by atoms with Gasteiger partial charge in [-0.15, -0.1) is 0 Å². The Hall–Kier alpha value is -6.08. The summed E-state index contributed by atoms with van der Waals surface area (Å²) in [4.78, 5) is 10.5. The minimum absolute atomic E-state index is 0. The first-order valence-corrected chi connectivity index (χ1v) is 36.9. The Kier molecular flexibility index (Phi) is 8.90. The fraction of sp³-hybridized carbons (Fsp3) is 0.447. The Morgan fingerprint density at radius 2 is 1.13 bits per heavy atom. The van der Waals surface area contributed by atoms with Gasteiger partial charge in [-0.05, 0) is 47.3 Å². The van der Waals surface area contributed by atoms with Crippen molar-refractivity contribution in [1.82, 2.24) is 19.1 Å². The Labute approximate surface area is 625 Å². The molecule has 0 radical (unpaired) electrons. The molecule has 3 saturated carbocycles. The van der Waals surface area contributed by atoms with E-state index in [4.69, 9.17) is 31.2 Å². The molecule has 0 aliphatic heterocycles. The van der Waals surface area contributed by atoms with Gasteiger partial charge in [-0.2, -0.15) is 0 Å². The molecule has 0 bridgehead atoms. The van der Waals surface area contributed by atoms with E-state index in [1.807, 2.05) is 53.1 Å². The number of para-hydroxylation sites is 2. The second-order valence-corrected chi connectivity index (χ2v) is 37.2. The maximum absolute atomic E-state index is 10.8. The number of imidazole rings is 1. The Bertz CT molecular complexity index is 5880. The number of aromatic nitrogens is 5. The molecule has 4 heterocycles. The molecule has 8 heteroatoms. The quantitative estimate of drug-likeness (QED) is 0.0737. The van der Waals surface area contributed by atoms with Crippen LogP contribution >= 0.6 is 0 Å². The molecule has 0 atom stereocenters. The standard InChI is InChI=1S/C85H97GeN5O.Pt/c1-81(2,3)59-43-48-87-79(51-59)91-74-36-22-21-33-68(74)69-40-39-65(53-75(69)91)92-64-32-23-31-63(52-64)89-56-90(77-55-88-78(54-76(77)89)86(60-25-15-12-16-26-60,61-27-17-13-18-28-61)62-29-19-14-20-30-62)80-66(57-37-41-70-72(49-57)84(8,9)46-44-82(70,4)5)34-24-35-67(80)58-38-42-71-73(50-58)85(10,11)47-45-83(71,6)7;/h21-24,31-43,48-51,54-55,60-62H,12-20,25-30,44-47H2,1-11H3;/q-2;/i4D3,5D3,6D3,7D3,8D3,9D3,10D3,11D3,37D,38D,41D,42D,44D2,45D2,46D2,47D2,49D,50D;. The van der Waals surface area contributed by atoms with Crippen molar-refractivity contribution in [1.29, 1.82) is 0 Å². The van der Waals surface area contributed by atoms with Crippen LogP contribution in [0.3, 0.4) is 0 Å². The number of rotatable bonds is 11. The summed E-state index contributed by atoms with van der Waals surface area (Å²) in [5, 5.41) is 1.64. The van der Waals surface area contributed by atoms with E-state index in [-0.39, 0.29) is 69.0 Å². The molecule has 6 nitrogen and oxygen atoms in total. The molecular formula is C85H97GeN5OPt-2. The van der Waals surface area contributed by atoms with Crippen LogP contribution in [0.5, 0.6) is 11.5 Å². The summed E-state index contributed by atoms with van der Waals surface area (Å²) in [7, 11) is 0. The van der Waals surface area contributed by atoms with Gasteiger partial charge in [-0.1, -0.05) is 66.4 Å². The third kappa shape index (κ3) is 11.3. The summed E-state index contributed by atoms with van der Waals surface area (Å²) in [5.41, 5.74) is -29.4. The fourth-order valence-corrected chi connectivity index (χ4v) is 32.7. The van der Waals surface area contributed by atoms with Crippen molar-refractivity contribution in [2.75, 3.05) is 0 Å². The van der Waals surface area contributed by atoms with Crippen LogP contribution in [0.1, 0.15) is 277 Å². The van der Waals surface area contributed by atoms with Crippen LogP contribution in [0.4, 0.5) is 0 Å². The predicted octanol–water partition coefficient (Wildman–Crippen LogP) is 22.0. The number of ether oxygens (including phenoxy) is 1. The normalized spacial score (nSPS) is 28.5. The van der Waals surface area contributed by atoms with Crippen molar-refractivity contribution in [3.05, 3.63) is 186 Å². The fourth-order valence-electron chi connectivity index (χ4n) is 15.9. The van der Waals surface area contributed by atoms with Gasteiger partial charge >= 0.3 is 427 Å². The van der Waals surface area contributed by atoms with Crippen molar-refractivity contribution >= 4 is 50.6 Å². The van der Waals surface area contributed by atoms with E-state index < -0.39 is 202 Å². The molecule has 15 rings (SSSR count). The first kappa shape index (κ1) is 33.7. The molecule has 0 spiro atoms. The molecule has 0 amide bonds. The van der Waals surface area contributed by atoms with Gasteiger partial charge in [0.05, 0.1) is 0 Å². The molecule has 6 aromatic carbocycles. The van der Waals surface area contributed by atoms with Crippen molar-refractivity contribution in [2.45, 2.75) is 239 Å². The van der Waals surface area contributed by atoms with E-state index in [2.05, 4.69) is 39.2 Å². The van der Waals surface area contributed by atoms with Gasteiger partial charge in [0.2, 0.25) is 0 Å². The minimum Gasteiger partial charge on any atom is -0.0558 e. The second-order valence-electron chi connectivity index (χ2n) is 27.1. The SMILES string of the molecule is [2H]c1c([2H])c2c(c([2H])c1-c1cccc(-c3c([2H])c([2H])c4c(c3[2H])C(C([2H])([2H])[2H])(C([2H])([2H])[2H])C([2H])([2H])C([2H])([2H])C4(C([2H])([2H])[2H])C([2H])([2H])[2H])c1-[n+]1[c-]n(-c3[c-]c(Oc4[c-]c5c(cc4)c4ccccc4n5-c4cc(C(C)(C)C)ccn4)ccc3)c3c[c]([Ge]([CH]4CCCCC4)([CH]4CCCCC4)[CH]4CCCCC4)ncc31)C(C([2H])([2H])[2H])(C([2H])([2H])[2H])C([2H])([2H])C([2H])([2H])C2(C([2H])([2H])[2H])C([2H])([2H])[2H].[Pt]. The van der Waals surface area contributed by atoms with Crippen LogP contribution in [-0.4, -0.2) is 32.4 Å². The molecule has 10 aromatic rings.